The summed E-state index contributed by atoms with van der Waals surface area (Å²) < 4.78 is 34.1. The number of aromatic nitrogens is 3. The SMILES string of the molecule is C=CC(=O)N1CC(C)N2c3nc(=O)n(-c4c(C)ccnc4C(C)C)c4c(F)c(-c5ccccc5F)c(Cl)c(c34)N(C)CCC2C1. The van der Waals surface area contributed by atoms with E-state index in [1.54, 1.807) is 23.2 Å². The van der Waals surface area contributed by atoms with E-state index in [1.807, 2.05) is 44.5 Å². The van der Waals surface area contributed by atoms with E-state index in [0.29, 0.717) is 54.1 Å². The molecule has 4 aromatic rings. The maximum atomic E-state index is 17.4. The highest BCUT2D eigenvalue weighted by molar-refractivity contribution is 6.38. The first kappa shape index (κ1) is 30.7. The molecule has 4 heterocycles. The van der Waals surface area contributed by atoms with E-state index in [0.717, 1.165) is 0 Å². The van der Waals surface area contributed by atoms with E-state index >= 15 is 8.78 Å². The van der Waals surface area contributed by atoms with Crippen LogP contribution in [0.3, 0.4) is 0 Å². The number of halogens is 3. The normalized spacial score (nSPS) is 18.2. The van der Waals surface area contributed by atoms with Gasteiger partial charge in [-0.2, -0.15) is 4.98 Å². The number of hydrogen-bond acceptors (Lipinski definition) is 6. The summed E-state index contributed by atoms with van der Waals surface area (Å²) in [7, 11) is 1.84. The lowest BCUT2D eigenvalue weighted by molar-refractivity contribution is -0.127. The van der Waals surface area contributed by atoms with Crippen LogP contribution in [0.2, 0.25) is 5.02 Å². The summed E-state index contributed by atoms with van der Waals surface area (Å²) in [6.45, 7) is 12.6. The van der Waals surface area contributed by atoms with Crippen molar-refractivity contribution < 1.29 is 13.6 Å². The Kier molecular flexibility index (Phi) is 7.89. The predicted molar refractivity (Wildman–Crippen MR) is 175 cm³/mol. The van der Waals surface area contributed by atoms with Crippen molar-refractivity contribution in [2.45, 2.75) is 52.1 Å². The van der Waals surface area contributed by atoms with Gasteiger partial charge in [0.2, 0.25) is 5.91 Å². The summed E-state index contributed by atoms with van der Waals surface area (Å²) in [6, 6.07) is 7.16. The molecule has 8 nitrogen and oxygen atoms in total. The molecule has 0 radical (unpaired) electrons. The molecule has 234 valence electrons. The number of fused-ring (bicyclic) bond motifs is 2. The van der Waals surface area contributed by atoms with Gasteiger partial charge in [-0.3, -0.25) is 14.3 Å². The van der Waals surface area contributed by atoms with Gasteiger partial charge in [-0.25, -0.2) is 13.6 Å². The smallest absolute Gasteiger partial charge is 0.354 e. The highest BCUT2D eigenvalue weighted by Crippen LogP contribution is 2.49. The fraction of sp³-hybridized carbons (Fsp3) is 0.353. The highest BCUT2D eigenvalue weighted by atomic mass is 35.5. The first-order valence-electron chi connectivity index (χ1n) is 15.0. The average molecular weight is 633 g/mol. The Hall–Kier alpha value is -4.31. The van der Waals surface area contributed by atoms with E-state index in [-0.39, 0.29) is 51.4 Å². The van der Waals surface area contributed by atoms with Crippen molar-refractivity contribution in [1.29, 1.82) is 0 Å². The zero-order valence-corrected chi connectivity index (χ0v) is 26.7. The lowest BCUT2D eigenvalue weighted by Gasteiger charge is -2.48. The Morgan fingerprint density at radius 1 is 1.16 bits per heavy atom. The molecule has 1 saturated heterocycles. The number of benzene rings is 2. The van der Waals surface area contributed by atoms with Gasteiger partial charge >= 0.3 is 5.69 Å². The van der Waals surface area contributed by atoms with Crippen molar-refractivity contribution in [3.63, 3.8) is 0 Å². The molecule has 11 heteroatoms. The summed E-state index contributed by atoms with van der Waals surface area (Å²) in [6.07, 6.45) is 3.55. The molecule has 2 aromatic carbocycles. The van der Waals surface area contributed by atoms with Crippen molar-refractivity contribution in [3.05, 3.63) is 87.6 Å². The molecule has 2 aromatic heterocycles. The number of anilines is 2. The Bertz CT molecular complexity index is 1930. The maximum absolute atomic E-state index is 17.4. The van der Waals surface area contributed by atoms with Crippen LogP contribution in [-0.4, -0.2) is 64.1 Å². The first-order valence-corrected chi connectivity index (χ1v) is 15.4. The number of pyridine rings is 1. The Labute approximate surface area is 265 Å². The largest absolute Gasteiger partial charge is 0.373 e. The van der Waals surface area contributed by atoms with Gasteiger partial charge in [-0.1, -0.05) is 50.2 Å². The molecular weight excluding hydrogens is 598 g/mol. The molecule has 6 rings (SSSR count). The lowest BCUT2D eigenvalue weighted by Crippen LogP contribution is -2.60. The zero-order valence-electron chi connectivity index (χ0n) is 25.9. The zero-order chi connectivity index (χ0) is 32.3. The molecule has 1 amide bonds. The molecule has 0 N–H and O–H groups in total. The average Bonchev–Trinajstić information content (AvgIpc) is 2.99. The second-order valence-corrected chi connectivity index (χ2v) is 12.6. The molecule has 0 bridgehead atoms. The van der Waals surface area contributed by atoms with Gasteiger partial charge in [0.1, 0.15) is 17.2 Å². The summed E-state index contributed by atoms with van der Waals surface area (Å²) in [5, 5.41) is 0.372. The van der Waals surface area contributed by atoms with Gasteiger partial charge in [-0.05, 0) is 50.0 Å². The number of hydrogen-bond donors (Lipinski definition) is 0. The van der Waals surface area contributed by atoms with Crippen LogP contribution in [-0.2, 0) is 4.79 Å². The van der Waals surface area contributed by atoms with E-state index in [2.05, 4.69) is 16.5 Å². The number of carbonyl (C=O) groups is 1. The summed E-state index contributed by atoms with van der Waals surface area (Å²) >= 11 is 7.11. The molecule has 1 fully saturated rings. The van der Waals surface area contributed by atoms with Crippen molar-refractivity contribution in [3.8, 4) is 16.8 Å². The molecule has 45 heavy (non-hydrogen) atoms. The predicted octanol–water partition coefficient (Wildman–Crippen LogP) is 6.24. The van der Waals surface area contributed by atoms with E-state index in [9.17, 15) is 9.59 Å². The van der Waals surface area contributed by atoms with Crippen LogP contribution in [0.25, 0.3) is 27.7 Å². The number of piperazine rings is 1. The molecule has 2 aliphatic rings. The van der Waals surface area contributed by atoms with Gasteiger partial charge in [0.05, 0.1) is 33.5 Å². The summed E-state index contributed by atoms with van der Waals surface area (Å²) in [4.78, 5) is 41.9. The molecule has 2 atom stereocenters. The highest BCUT2D eigenvalue weighted by Gasteiger charge is 2.40. The molecule has 0 spiro atoms. The van der Waals surface area contributed by atoms with E-state index in [4.69, 9.17) is 11.6 Å². The van der Waals surface area contributed by atoms with Crippen LogP contribution >= 0.6 is 11.6 Å². The molecule has 2 unspecified atom stereocenters. The Balaban J connectivity index is 1.80. The van der Waals surface area contributed by atoms with Crippen molar-refractivity contribution in [2.24, 2.45) is 0 Å². The summed E-state index contributed by atoms with van der Waals surface area (Å²) in [5.74, 6) is -1.48. The lowest BCUT2D eigenvalue weighted by atomic mass is 9.95. The minimum absolute atomic E-state index is 0.0132. The number of amides is 1. The quantitative estimate of drug-likeness (QED) is 0.248. The van der Waals surface area contributed by atoms with Crippen LogP contribution in [0, 0.1) is 18.6 Å². The minimum Gasteiger partial charge on any atom is -0.373 e. The third-order valence-electron chi connectivity index (χ3n) is 8.93. The molecule has 0 saturated carbocycles. The maximum Gasteiger partial charge on any atom is 0.354 e. The van der Waals surface area contributed by atoms with Crippen molar-refractivity contribution >= 4 is 39.9 Å². The van der Waals surface area contributed by atoms with Gasteiger partial charge in [-0.15, -0.1) is 0 Å². The van der Waals surface area contributed by atoms with Crippen molar-refractivity contribution in [2.75, 3.05) is 36.5 Å². The fourth-order valence-corrected chi connectivity index (χ4v) is 7.30. The minimum atomic E-state index is -0.832. The standard InChI is InChI=1S/C34H35ClF2N6O2/c1-7-24(44)41-16-20(5)42-21(17-41)13-15-40(6)31-26-32(28(37)25(27(31)35)22-10-8-9-11-23(22)36)43(34(45)39-33(26)42)30-19(4)12-14-38-29(30)18(2)3/h7-12,14,18,20-21H,1,13,15-17H2,2-6H3. The fourth-order valence-electron chi connectivity index (χ4n) is 6.88. The van der Waals surface area contributed by atoms with Gasteiger partial charge < -0.3 is 14.7 Å². The molecule has 0 aliphatic carbocycles. The number of rotatable bonds is 4. The van der Waals surface area contributed by atoms with Gasteiger partial charge in [0.25, 0.3) is 0 Å². The van der Waals surface area contributed by atoms with Crippen molar-refractivity contribution in [1.82, 2.24) is 19.4 Å². The van der Waals surface area contributed by atoms with E-state index < -0.39 is 17.3 Å². The summed E-state index contributed by atoms with van der Waals surface area (Å²) in [5.41, 5.74) is 1.29. The number of aryl methyl sites for hydroxylation is 1. The van der Waals surface area contributed by atoms with Crippen LogP contribution in [0.1, 0.15) is 44.4 Å². The van der Waals surface area contributed by atoms with Crippen LogP contribution in [0.4, 0.5) is 20.3 Å². The number of carbonyl (C=O) groups excluding carboxylic acids is 1. The Morgan fingerprint density at radius 2 is 1.89 bits per heavy atom. The second-order valence-electron chi connectivity index (χ2n) is 12.2. The second kappa shape index (κ2) is 11.6. The Morgan fingerprint density at radius 3 is 2.58 bits per heavy atom. The molecule has 2 aliphatic heterocycles. The van der Waals surface area contributed by atoms with Gasteiger partial charge in [0, 0.05) is 50.0 Å². The number of nitrogens with zero attached hydrogens (tertiary/aromatic N) is 6. The third-order valence-corrected chi connectivity index (χ3v) is 9.30. The van der Waals surface area contributed by atoms with Crippen LogP contribution < -0.4 is 15.5 Å². The first-order chi connectivity index (χ1) is 21.5. The monoisotopic (exact) mass is 632 g/mol. The molecular formula is C34H35ClF2N6O2. The topological polar surface area (TPSA) is 74.6 Å². The van der Waals surface area contributed by atoms with Crippen LogP contribution in [0.15, 0.2) is 54.0 Å². The van der Waals surface area contributed by atoms with Crippen LogP contribution in [0.5, 0.6) is 0 Å². The van der Waals surface area contributed by atoms with E-state index in [1.165, 1.54) is 28.8 Å². The van der Waals surface area contributed by atoms with Gasteiger partial charge in [0.15, 0.2) is 5.82 Å². The third kappa shape index (κ3) is 4.86.